The number of anilines is 1. The van der Waals surface area contributed by atoms with Crippen LogP contribution in [0.5, 0.6) is 5.75 Å². The molecule has 2 aromatic rings. The van der Waals surface area contributed by atoms with E-state index in [-0.39, 0.29) is 17.9 Å². The summed E-state index contributed by atoms with van der Waals surface area (Å²) in [5, 5.41) is 7.57. The molecule has 0 radical (unpaired) electrons. The van der Waals surface area contributed by atoms with Crippen molar-refractivity contribution in [2.75, 3.05) is 19.1 Å². The molecule has 2 heterocycles. The van der Waals surface area contributed by atoms with Crippen LogP contribution in [0.4, 0.5) is 5.69 Å². The number of methoxy groups -OCH3 is 1. The minimum absolute atomic E-state index is 0.179. The van der Waals surface area contributed by atoms with E-state index in [9.17, 15) is 4.79 Å². The highest BCUT2D eigenvalue weighted by Crippen LogP contribution is 2.56. The molecule has 2 aromatic carbocycles. The molecule has 0 bridgehead atoms. The lowest BCUT2D eigenvalue weighted by molar-refractivity contribution is -0.119. The highest BCUT2D eigenvalue weighted by atomic mass is 16.5. The van der Waals surface area contributed by atoms with Crippen molar-refractivity contribution in [1.82, 2.24) is 10.6 Å². The summed E-state index contributed by atoms with van der Waals surface area (Å²) in [5.74, 6) is 1.73. The first-order valence-corrected chi connectivity index (χ1v) is 11.1. The molecule has 1 saturated heterocycles. The van der Waals surface area contributed by atoms with Crippen molar-refractivity contribution >= 4 is 11.6 Å². The van der Waals surface area contributed by atoms with Crippen LogP contribution in [0.1, 0.15) is 54.8 Å². The Morgan fingerprint density at radius 2 is 1.97 bits per heavy atom. The fraction of sp³-hybridized carbons (Fsp3) is 0.480. The summed E-state index contributed by atoms with van der Waals surface area (Å²) in [6, 6.07) is 16.2. The van der Waals surface area contributed by atoms with Gasteiger partial charge in [0.2, 0.25) is 5.91 Å². The lowest BCUT2D eigenvalue weighted by atomic mass is 9.89. The number of benzene rings is 2. The second kappa shape index (κ2) is 7.71. The van der Waals surface area contributed by atoms with Gasteiger partial charge in [0.15, 0.2) is 0 Å². The van der Waals surface area contributed by atoms with Crippen molar-refractivity contribution in [3.8, 4) is 5.75 Å². The van der Waals surface area contributed by atoms with Crippen LogP contribution in [0.2, 0.25) is 0 Å². The van der Waals surface area contributed by atoms with Crippen molar-refractivity contribution in [3.05, 3.63) is 59.2 Å². The zero-order valence-corrected chi connectivity index (χ0v) is 18.0. The molecule has 0 aromatic heterocycles. The molecule has 158 valence electrons. The van der Waals surface area contributed by atoms with E-state index >= 15 is 0 Å². The Morgan fingerprint density at radius 3 is 2.73 bits per heavy atom. The predicted molar refractivity (Wildman–Crippen MR) is 119 cm³/mol. The molecule has 5 rings (SSSR count). The number of nitrogens with one attached hydrogen (secondary N) is 2. The van der Waals surface area contributed by atoms with E-state index in [1.54, 1.807) is 7.11 Å². The topological polar surface area (TPSA) is 53.6 Å². The maximum atomic E-state index is 12.5. The van der Waals surface area contributed by atoms with Gasteiger partial charge < -0.3 is 20.3 Å². The molecule has 1 amide bonds. The van der Waals surface area contributed by atoms with Gasteiger partial charge in [0.05, 0.1) is 7.11 Å². The summed E-state index contributed by atoms with van der Waals surface area (Å²) >= 11 is 0. The molecule has 30 heavy (non-hydrogen) atoms. The number of hydrogen-bond acceptors (Lipinski definition) is 4. The van der Waals surface area contributed by atoms with Crippen molar-refractivity contribution < 1.29 is 9.53 Å². The number of ether oxygens (including phenoxy) is 1. The lowest BCUT2D eigenvalue weighted by Crippen LogP contribution is -2.49. The van der Waals surface area contributed by atoms with Crippen LogP contribution in [-0.2, 0) is 11.3 Å². The highest BCUT2D eigenvalue weighted by molar-refractivity contribution is 6.01. The van der Waals surface area contributed by atoms with E-state index in [1.165, 1.54) is 11.1 Å². The van der Waals surface area contributed by atoms with Gasteiger partial charge in [-0.05, 0) is 55.4 Å². The van der Waals surface area contributed by atoms with Crippen LogP contribution in [-0.4, -0.2) is 32.1 Å². The van der Waals surface area contributed by atoms with Crippen LogP contribution in [0.25, 0.3) is 0 Å². The molecule has 2 N–H and O–H groups in total. The molecule has 2 fully saturated rings. The summed E-state index contributed by atoms with van der Waals surface area (Å²) in [5.41, 5.74) is 4.74. The average Bonchev–Trinajstić information content (AvgIpc) is 3.58. The van der Waals surface area contributed by atoms with Gasteiger partial charge in [-0.15, -0.1) is 0 Å². The van der Waals surface area contributed by atoms with Gasteiger partial charge in [0, 0.05) is 48.9 Å². The van der Waals surface area contributed by atoms with Crippen molar-refractivity contribution in [3.63, 3.8) is 0 Å². The third kappa shape index (κ3) is 3.40. The Balaban J connectivity index is 1.38. The highest BCUT2D eigenvalue weighted by Gasteiger charge is 2.50. The third-order valence-electron chi connectivity index (χ3n) is 7.12. The maximum Gasteiger partial charge on any atom is 0.230 e. The second-order valence-electron chi connectivity index (χ2n) is 9.09. The zero-order valence-electron chi connectivity index (χ0n) is 18.0. The number of hydrogen-bond donors (Lipinski definition) is 2. The van der Waals surface area contributed by atoms with E-state index in [2.05, 4.69) is 60.0 Å². The monoisotopic (exact) mass is 405 g/mol. The first kappa shape index (κ1) is 19.6. The molecular weight excluding hydrogens is 374 g/mol. The van der Waals surface area contributed by atoms with E-state index < -0.39 is 0 Å². The normalized spacial score (nSPS) is 29.9. The Hall–Kier alpha value is -2.37. The van der Waals surface area contributed by atoms with Crippen molar-refractivity contribution in [2.45, 2.75) is 56.8 Å². The summed E-state index contributed by atoms with van der Waals surface area (Å²) < 4.78 is 5.75. The van der Waals surface area contributed by atoms with Gasteiger partial charge in [0.1, 0.15) is 5.75 Å². The molecule has 5 heteroatoms. The molecular formula is C25H31N3O2. The molecule has 5 atom stereocenters. The quantitative estimate of drug-likeness (QED) is 0.796. The van der Waals surface area contributed by atoms with Crippen molar-refractivity contribution in [1.29, 1.82) is 0 Å². The molecule has 5 nitrogen and oxygen atoms in total. The van der Waals surface area contributed by atoms with Gasteiger partial charge in [-0.1, -0.05) is 30.3 Å². The van der Waals surface area contributed by atoms with Gasteiger partial charge in [0.25, 0.3) is 0 Å². The SMILES string of the molecule is COc1cc2c(cc1CN[C@@H]1CC[C@@H](C)N[C@@H]1c1ccccc1)N(C)C(=O)[C@@H]1CC21. The minimum Gasteiger partial charge on any atom is -0.496 e. The largest absolute Gasteiger partial charge is 0.496 e. The summed E-state index contributed by atoms with van der Waals surface area (Å²) in [4.78, 5) is 14.3. The lowest BCUT2D eigenvalue weighted by Gasteiger charge is -2.37. The van der Waals surface area contributed by atoms with E-state index in [0.29, 0.717) is 18.0 Å². The van der Waals surface area contributed by atoms with Crippen LogP contribution >= 0.6 is 0 Å². The fourth-order valence-corrected chi connectivity index (χ4v) is 5.27. The minimum atomic E-state index is 0.179. The summed E-state index contributed by atoms with van der Waals surface area (Å²) in [7, 11) is 3.64. The van der Waals surface area contributed by atoms with E-state index in [0.717, 1.165) is 42.8 Å². The molecule has 0 spiro atoms. The molecule has 1 unspecified atom stereocenters. The smallest absolute Gasteiger partial charge is 0.230 e. The Bertz CT molecular complexity index is 945. The number of carbonyl (C=O) groups excluding carboxylic acids is 1. The Labute approximate surface area is 178 Å². The molecule has 3 aliphatic rings. The number of rotatable bonds is 5. The second-order valence-corrected chi connectivity index (χ2v) is 9.09. The number of amides is 1. The summed E-state index contributed by atoms with van der Waals surface area (Å²) in [6.45, 7) is 2.98. The van der Waals surface area contributed by atoms with Crippen molar-refractivity contribution in [2.24, 2.45) is 5.92 Å². The Morgan fingerprint density at radius 1 is 1.17 bits per heavy atom. The predicted octanol–water partition coefficient (Wildman–Crippen LogP) is 3.75. The fourth-order valence-electron chi connectivity index (χ4n) is 5.27. The van der Waals surface area contributed by atoms with E-state index in [4.69, 9.17) is 4.74 Å². The first-order valence-electron chi connectivity index (χ1n) is 11.1. The molecule has 1 saturated carbocycles. The zero-order chi connectivity index (χ0) is 20.8. The van der Waals surface area contributed by atoms with Gasteiger partial charge in [-0.2, -0.15) is 0 Å². The standard InChI is InChI=1S/C25H31N3O2/c1-15-9-10-21(24(27-15)16-7-5-4-6-8-16)26-14-17-11-22-19(13-23(17)30-3)18-12-20(18)25(29)28(22)2/h4-8,11,13,15,18,20-21,24,26-27H,9-10,12,14H2,1-3H3/t15-,18?,20-,21-,24-/m1/s1. The average molecular weight is 406 g/mol. The summed E-state index contributed by atoms with van der Waals surface area (Å²) in [6.07, 6.45) is 3.26. The number of nitrogens with zero attached hydrogens (tertiary/aromatic N) is 1. The number of fused-ring (bicyclic) bond motifs is 3. The van der Waals surface area contributed by atoms with Crippen LogP contribution < -0.4 is 20.3 Å². The van der Waals surface area contributed by atoms with E-state index in [1.807, 2.05) is 11.9 Å². The van der Waals surface area contributed by atoms with Crippen LogP contribution in [0, 0.1) is 5.92 Å². The maximum absolute atomic E-state index is 12.5. The molecule has 1 aliphatic carbocycles. The molecule has 2 aliphatic heterocycles. The van der Waals surface area contributed by atoms with Crippen LogP contribution in [0.15, 0.2) is 42.5 Å². The van der Waals surface area contributed by atoms with Gasteiger partial charge >= 0.3 is 0 Å². The Kier molecular flexibility index (Phi) is 5.03. The number of piperidine rings is 1. The van der Waals surface area contributed by atoms with Gasteiger partial charge in [-0.3, -0.25) is 4.79 Å². The first-order chi connectivity index (χ1) is 14.6. The number of carbonyl (C=O) groups is 1. The third-order valence-corrected chi connectivity index (χ3v) is 7.12. The van der Waals surface area contributed by atoms with Crippen LogP contribution in [0.3, 0.4) is 0 Å². The van der Waals surface area contributed by atoms with Gasteiger partial charge in [-0.25, -0.2) is 0 Å².